The lowest BCUT2D eigenvalue weighted by Gasteiger charge is -2.30. The van der Waals surface area contributed by atoms with E-state index in [0.717, 1.165) is 24.5 Å². The molecule has 0 N–H and O–H groups in total. The van der Waals surface area contributed by atoms with Gasteiger partial charge in [-0.1, -0.05) is 23.8 Å². The zero-order valence-corrected chi connectivity index (χ0v) is 15.3. The second-order valence-electron chi connectivity index (χ2n) is 5.50. The second-order valence-corrected chi connectivity index (χ2v) is 6.41. The van der Waals surface area contributed by atoms with Crippen LogP contribution in [-0.4, -0.2) is 31.7 Å². The molecule has 0 amide bonds. The second kappa shape index (κ2) is 10.4. The number of anilines is 1. The third kappa shape index (κ3) is 6.18. The van der Waals surface area contributed by atoms with Gasteiger partial charge in [0.25, 0.3) is 0 Å². The first kappa shape index (κ1) is 18.7. The summed E-state index contributed by atoms with van der Waals surface area (Å²) >= 11 is 1.85. The van der Waals surface area contributed by atoms with Crippen molar-refractivity contribution in [2.75, 3.05) is 30.6 Å². The molecule has 0 unspecified atom stereocenters. The first-order chi connectivity index (χ1) is 10.6. The first-order valence-corrected chi connectivity index (χ1v) is 9.20. The van der Waals surface area contributed by atoms with Gasteiger partial charge in [0.15, 0.2) is 0 Å². The highest BCUT2D eigenvalue weighted by atomic mass is 32.2. The molecule has 0 aliphatic heterocycles. The van der Waals surface area contributed by atoms with E-state index in [1.165, 1.54) is 11.3 Å². The van der Waals surface area contributed by atoms with Crippen molar-refractivity contribution in [3.63, 3.8) is 0 Å². The first-order valence-electron chi connectivity index (χ1n) is 7.81. The molecule has 2 nitrogen and oxygen atoms in total. The molecule has 0 saturated heterocycles. The summed E-state index contributed by atoms with van der Waals surface area (Å²) in [7, 11) is 1.70. The van der Waals surface area contributed by atoms with Gasteiger partial charge in [-0.15, -0.1) is 0 Å². The number of allylic oxidation sites excluding steroid dienone is 2. The van der Waals surface area contributed by atoms with Crippen LogP contribution in [0, 0.1) is 0 Å². The number of nitrogens with zero attached hydrogens (tertiary/aromatic N) is 1. The van der Waals surface area contributed by atoms with Gasteiger partial charge in [0.2, 0.25) is 0 Å². The molecule has 22 heavy (non-hydrogen) atoms. The Morgan fingerprint density at radius 3 is 2.41 bits per heavy atom. The normalized spacial score (nSPS) is 12.2. The van der Waals surface area contributed by atoms with Crippen LogP contribution in [0.3, 0.4) is 0 Å². The smallest absolute Gasteiger partial charge is 0.119 e. The molecular formula is C19H29NOS. The van der Waals surface area contributed by atoms with Crippen molar-refractivity contribution < 1.29 is 4.74 Å². The molecule has 0 atom stereocenters. The standard InChI is InChI=1S/C19H29NOS/c1-6-17(9-7-8-14-22-5)15-20(16(2)3)18-10-12-19(21-4)13-11-18/h6-8,10-13,16H,9,14-15H2,1-5H3/b8-7-,17-6+. The van der Waals surface area contributed by atoms with Crippen molar-refractivity contribution in [2.45, 2.75) is 33.2 Å². The maximum Gasteiger partial charge on any atom is 0.119 e. The Hall–Kier alpha value is -1.35. The van der Waals surface area contributed by atoms with Crippen LogP contribution >= 0.6 is 11.8 Å². The summed E-state index contributed by atoms with van der Waals surface area (Å²) < 4.78 is 5.25. The largest absolute Gasteiger partial charge is 0.497 e. The summed E-state index contributed by atoms with van der Waals surface area (Å²) in [6.07, 6.45) is 9.92. The molecular weight excluding hydrogens is 290 g/mol. The molecule has 0 radical (unpaired) electrons. The van der Waals surface area contributed by atoms with Crippen molar-refractivity contribution in [3.05, 3.63) is 48.1 Å². The van der Waals surface area contributed by atoms with E-state index < -0.39 is 0 Å². The van der Waals surface area contributed by atoms with Gasteiger partial charge < -0.3 is 9.64 Å². The fourth-order valence-corrected chi connectivity index (χ4v) is 2.57. The summed E-state index contributed by atoms with van der Waals surface area (Å²) in [6.45, 7) is 7.57. The highest BCUT2D eigenvalue weighted by Gasteiger charge is 2.12. The number of hydrogen-bond acceptors (Lipinski definition) is 3. The lowest BCUT2D eigenvalue weighted by Crippen LogP contribution is -2.32. The number of methoxy groups -OCH3 is 1. The highest BCUT2D eigenvalue weighted by Crippen LogP contribution is 2.23. The molecule has 0 aliphatic carbocycles. The lowest BCUT2D eigenvalue weighted by molar-refractivity contribution is 0.415. The van der Waals surface area contributed by atoms with E-state index in [4.69, 9.17) is 4.74 Å². The average molecular weight is 320 g/mol. The van der Waals surface area contributed by atoms with Crippen LogP contribution in [0.15, 0.2) is 48.1 Å². The van der Waals surface area contributed by atoms with Crippen molar-refractivity contribution in [2.24, 2.45) is 0 Å². The molecule has 1 aromatic rings. The lowest BCUT2D eigenvalue weighted by atomic mass is 10.1. The molecule has 0 saturated carbocycles. The van der Waals surface area contributed by atoms with Crippen LogP contribution in [-0.2, 0) is 0 Å². The molecule has 122 valence electrons. The topological polar surface area (TPSA) is 12.5 Å². The van der Waals surface area contributed by atoms with Gasteiger partial charge in [-0.05, 0) is 57.7 Å². The van der Waals surface area contributed by atoms with Crippen molar-refractivity contribution in [3.8, 4) is 5.75 Å². The average Bonchev–Trinajstić information content (AvgIpc) is 2.54. The fraction of sp³-hybridized carbons (Fsp3) is 0.474. The quantitative estimate of drug-likeness (QED) is 0.583. The van der Waals surface area contributed by atoms with Gasteiger partial charge in [-0.3, -0.25) is 0 Å². The summed E-state index contributed by atoms with van der Waals surface area (Å²) in [5.74, 6) is 1.99. The summed E-state index contributed by atoms with van der Waals surface area (Å²) in [5.41, 5.74) is 2.69. The van der Waals surface area contributed by atoms with E-state index in [1.807, 2.05) is 23.9 Å². The van der Waals surface area contributed by atoms with Crippen LogP contribution in [0.1, 0.15) is 27.2 Å². The van der Waals surface area contributed by atoms with E-state index in [2.05, 4.69) is 62.3 Å². The molecule has 0 aromatic heterocycles. The van der Waals surface area contributed by atoms with E-state index in [9.17, 15) is 0 Å². The number of hydrogen-bond donors (Lipinski definition) is 0. The van der Waals surface area contributed by atoms with Gasteiger partial charge in [-0.25, -0.2) is 0 Å². The van der Waals surface area contributed by atoms with Gasteiger partial charge in [0, 0.05) is 24.0 Å². The van der Waals surface area contributed by atoms with Gasteiger partial charge in [-0.2, -0.15) is 11.8 Å². The number of benzene rings is 1. The minimum absolute atomic E-state index is 0.457. The number of thioether (sulfide) groups is 1. The minimum Gasteiger partial charge on any atom is -0.497 e. The molecule has 1 rings (SSSR count). The Balaban J connectivity index is 2.77. The molecule has 1 aromatic carbocycles. The predicted molar refractivity (Wildman–Crippen MR) is 101 cm³/mol. The molecule has 0 bridgehead atoms. The molecule has 0 spiro atoms. The van der Waals surface area contributed by atoms with Crippen LogP contribution in [0.2, 0.25) is 0 Å². The number of ether oxygens (including phenoxy) is 1. The Morgan fingerprint density at radius 1 is 1.23 bits per heavy atom. The monoisotopic (exact) mass is 319 g/mol. The molecule has 3 heteroatoms. The maximum absolute atomic E-state index is 5.25. The molecule has 0 aliphatic rings. The Bertz CT molecular complexity index is 477. The van der Waals surface area contributed by atoms with Crippen molar-refractivity contribution >= 4 is 17.4 Å². The summed E-state index contributed by atoms with van der Waals surface area (Å²) in [6, 6.07) is 8.78. The minimum atomic E-state index is 0.457. The maximum atomic E-state index is 5.25. The van der Waals surface area contributed by atoms with E-state index in [-0.39, 0.29) is 0 Å². The van der Waals surface area contributed by atoms with E-state index in [0.29, 0.717) is 6.04 Å². The van der Waals surface area contributed by atoms with Crippen LogP contribution in [0.4, 0.5) is 5.69 Å². The fourth-order valence-electron chi connectivity index (χ4n) is 2.24. The Kier molecular flexibility index (Phi) is 8.83. The highest BCUT2D eigenvalue weighted by molar-refractivity contribution is 7.98. The zero-order valence-electron chi connectivity index (χ0n) is 14.5. The Labute approximate surface area is 140 Å². The van der Waals surface area contributed by atoms with Gasteiger partial charge in [0.05, 0.1) is 7.11 Å². The van der Waals surface area contributed by atoms with Crippen molar-refractivity contribution in [1.29, 1.82) is 0 Å². The van der Waals surface area contributed by atoms with Crippen LogP contribution < -0.4 is 9.64 Å². The van der Waals surface area contributed by atoms with Crippen LogP contribution in [0.25, 0.3) is 0 Å². The predicted octanol–water partition coefficient (Wildman–Crippen LogP) is 5.17. The SMILES string of the molecule is C/C=C(\C/C=C\CSC)CN(c1ccc(OC)cc1)C(C)C. The van der Waals surface area contributed by atoms with Crippen molar-refractivity contribution in [1.82, 2.24) is 0 Å². The summed E-state index contributed by atoms with van der Waals surface area (Å²) in [5, 5.41) is 0. The van der Waals surface area contributed by atoms with Crippen LogP contribution in [0.5, 0.6) is 5.75 Å². The zero-order chi connectivity index (χ0) is 16.4. The van der Waals surface area contributed by atoms with E-state index >= 15 is 0 Å². The van der Waals surface area contributed by atoms with Gasteiger partial charge in [0.1, 0.15) is 5.75 Å². The third-order valence-electron chi connectivity index (χ3n) is 3.62. The number of rotatable bonds is 9. The molecule has 0 heterocycles. The van der Waals surface area contributed by atoms with Gasteiger partial charge >= 0.3 is 0 Å². The Morgan fingerprint density at radius 2 is 1.91 bits per heavy atom. The molecule has 0 fully saturated rings. The van der Waals surface area contributed by atoms with E-state index in [1.54, 1.807) is 7.11 Å². The summed E-state index contributed by atoms with van der Waals surface area (Å²) in [4.78, 5) is 2.43. The third-order valence-corrected chi connectivity index (χ3v) is 4.14.